The molecule has 0 saturated heterocycles. The molecular weight excluding hydrogens is 186 g/mol. The van der Waals surface area contributed by atoms with Gasteiger partial charge in [0, 0.05) is 12.1 Å². The third kappa shape index (κ3) is 12.8. The van der Waals surface area contributed by atoms with E-state index in [0.29, 0.717) is 12.1 Å². The summed E-state index contributed by atoms with van der Waals surface area (Å²) < 4.78 is 0. The van der Waals surface area contributed by atoms with Crippen molar-refractivity contribution in [2.45, 2.75) is 34.6 Å². The van der Waals surface area contributed by atoms with E-state index in [0.717, 1.165) is 11.9 Å². The van der Waals surface area contributed by atoms with Gasteiger partial charge in [-0.05, 0) is 18.6 Å². The van der Waals surface area contributed by atoms with E-state index in [-0.39, 0.29) is 0 Å². The molecule has 0 bridgehead atoms. The smallest absolute Gasteiger partial charge is 0.150 e. The largest absolute Gasteiger partial charge is 0.327 e. The molecule has 0 amide bonds. The molecule has 0 rings (SSSR count). The first-order valence-corrected chi connectivity index (χ1v) is 5.43. The van der Waals surface area contributed by atoms with Crippen LogP contribution in [0.5, 0.6) is 0 Å². The Labute approximate surface area is 94.6 Å². The molecule has 0 spiro atoms. The lowest BCUT2D eigenvalue weighted by atomic mass is 10.1. The Kier molecular flexibility index (Phi) is 24.1. The first-order chi connectivity index (χ1) is 7.28. The summed E-state index contributed by atoms with van der Waals surface area (Å²) >= 11 is 0. The van der Waals surface area contributed by atoms with Gasteiger partial charge in [0.25, 0.3) is 0 Å². The second kappa shape index (κ2) is 18.6. The van der Waals surface area contributed by atoms with Gasteiger partial charge < -0.3 is 5.73 Å². The Balaban J connectivity index is -0.000000318. The summed E-state index contributed by atoms with van der Waals surface area (Å²) in [5, 5.41) is 0. The van der Waals surface area contributed by atoms with Crippen LogP contribution in [0.3, 0.4) is 0 Å². The molecule has 88 valence electrons. The second-order valence-electron chi connectivity index (χ2n) is 2.03. The van der Waals surface area contributed by atoms with Crippen molar-refractivity contribution in [3.05, 3.63) is 36.0 Å². The van der Waals surface area contributed by atoms with Crippen molar-refractivity contribution < 1.29 is 4.79 Å². The van der Waals surface area contributed by atoms with E-state index in [2.05, 4.69) is 6.58 Å². The van der Waals surface area contributed by atoms with E-state index < -0.39 is 0 Å². The molecule has 0 aliphatic carbocycles. The van der Waals surface area contributed by atoms with Crippen LogP contribution in [0.15, 0.2) is 36.0 Å². The van der Waals surface area contributed by atoms with Gasteiger partial charge in [0.2, 0.25) is 0 Å². The van der Waals surface area contributed by atoms with Crippen molar-refractivity contribution in [3.8, 4) is 0 Å². The van der Waals surface area contributed by atoms with Gasteiger partial charge >= 0.3 is 0 Å². The third-order valence-electron chi connectivity index (χ3n) is 1.33. The van der Waals surface area contributed by atoms with Gasteiger partial charge in [-0.1, -0.05) is 46.4 Å². The third-order valence-corrected chi connectivity index (χ3v) is 1.33. The maximum atomic E-state index is 10.3. The quantitative estimate of drug-likeness (QED) is 0.440. The SMILES string of the molecule is C=C/C(C=O)=C\C(=C/C)CN.CC.CC. The van der Waals surface area contributed by atoms with Crippen LogP contribution in [-0.2, 0) is 4.79 Å². The van der Waals surface area contributed by atoms with Gasteiger partial charge in [0.15, 0.2) is 0 Å². The zero-order valence-electron chi connectivity index (χ0n) is 10.7. The molecule has 0 saturated carbocycles. The lowest BCUT2D eigenvalue weighted by molar-refractivity contribution is -0.104. The molecule has 2 N–H and O–H groups in total. The molecule has 0 radical (unpaired) electrons. The van der Waals surface area contributed by atoms with E-state index in [4.69, 9.17) is 5.73 Å². The number of hydrogen-bond acceptors (Lipinski definition) is 2. The molecule has 0 aromatic heterocycles. The fourth-order valence-corrected chi connectivity index (χ4v) is 0.615. The Morgan fingerprint density at radius 3 is 1.93 bits per heavy atom. The zero-order valence-corrected chi connectivity index (χ0v) is 10.7. The van der Waals surface area contributed by atoms with Crippen molar-refractivity contribution in [3.63, 3.8) is 0 Å². The van der Waals surface area contributed by atoms with Crippen molar-refractivity contribution in [2.75, 3.05) is 6.54 Å². The Morgan fingerprint density at radius 1 is 1.27 bits per heavy atom. The van der Waals surface area contributed by atoms with Crippen molar-refractivity contribution in [2.24, 2.45) is 5.73 Å². The molecule has 0 aliphatic rings. The first-order valence-electron chi connectivity index (χ1n) is 5.43. The highest BCUT2D eigenvalue weighted by Crippen LogP contribution is 1.99. The standard InChI is InChI=1S/C9H13NO.2C2H6/c1-3-8(6-10)5-9(4-2)7-11;2*1-2/h3-5,7H,2,6,10H2,1H3;2*1-2H3/b8-3+,9-5+;;. The summed E-state index contributed by atoms with van der Waals surface area (Å²) in [6, 6.07) is 0. The fraction of sp³-hybridized carbons (Fsp3) is 0.462. The van der Waals surface area contributed by atoms with Crippen molar-refractivity contribution in [1.29, 1.82) is 0 Å². The molecule has 0 unspecified atom stereocenters. The number of carbonyl (C=O) groups is 1. The fourth-order valence-electron chi connectivity index (χ4n) is 0.615. The molecule has 0 fully saturated rings. The van der Waals surface area contributed by atoms with Gasteiger partial charge in [0.05, 0.1) is 0 Å². The first kappa shape index (κ1) is 19.4. The minimum atomic E-state index is 0.446. The summed E-state index contributed by atoms with van der Waals surface area (Å²) in [6.07, 6.45) is 5.85. The van der Waals surface area contributed by atoms with Gasteiger partial charge in [-0.2, -0.15) is 0 Å². The predicted octanol–water partition coefficient (Wildman–Crippen LogP) is 3.26. The number of rotatable bonds is 4. The Morgan fingerprint density at radius 2 is 1.73 bits per heavy atom. The molecule has 0 aromatic carbocycles. The summed E-state index contributed by atoms with van der Waals surface area (Å²) in [5.41, 5.74) is 6.87. The molecule has 0 atom stereocenters. The normalized spacial score (nSPS) is 10.3. The van der Waals surface area contributed by atoms with Crippen LogP contribution < -0.4 is 5.73 Å². The summed E-state index contributed by atoms with van der Waals surface area (Å²) in [4.78, 5) is 10.3. The number of allylic oxidation sites excluding steroid dienone is 3. The average molecular weight is 211 g/mol. The van der Waals surface area contributed by atoms with E-state index in [1.165, 1.54) is 6.08 Å². The highest BCUT2D eigenvalue weighted by molar-refractivity contribution is 5.78. The maximum Gasteiger partial charge on any atom is 0.150 e. The molecule has 15 heavy (non-hydrogen) atoms. The predicted molar refractivity (Wildman–Crippen MR) is 69.9 cm³/mol. The van der Waals surface area contributed by atoms with E-state index >= 15 is 0 Å². The van der Waals surface area contributed by atoms with E-state index in [9.17, 15) is 4.79 Å². The molecule has 0 heterocycles. The van der Waals surface area contributed by atoms with Gasteiger partial charge in [-0.15, -0.1) is 0 Å². The van der Waals surface area contributed by atoms with Crippen LogP contribution in [0, 0.1) is 0 Å². The minimum absolute atomic E-state index is 0.446. The van der Waals surface area contributed by atoms with Crippen LogP contribution in [0.25, 0.3) is 0 Å². The monoisotopic (exact) mass is 211 g/mol. The van der Waals surface area contributed by atoms with Gasteiger partial charge in [-0.3, -0.25) is 4.79 Å². The highest BCUT2D eigenvalue weighted by atomic mass is 16.1. The molecule has 0 aromatic rings. The summed E-state index contributed by atoms with van der Waals surface area (Å²) in [5.74, 6) is 0. The Hall–Kier alpha value is -1.15. The van der Waals surface area contributed by atoms with Crippen LogP contribution in [0.1, 0.15) is 34.6 Å². The topological polar surface area (TPSA) is 43.1 Å². The Bertz CT molecular complexity index is 193. The van der Waals surface area contributed by atoms with Gasteiger partial charge in [-0.25, -0.2) is 0 Å². The van der Waals surface area contributed by atoms with Crippen LogP contribution in [-0.4, -0.2) is 12.8 Å². The number of nitrogens with two attached hydrogens (primary N) is 1. The van der Waals surface area contributed by atoms with Crippen LogP contribution in [0.4, 0.5) is 0 Å². The number of aldehydes is 1. The lowest BCUT2D eigenvalue weighted by Gasteiger charge is -1.95. The summed E-state index contributed by atoms with van der Waals surface area (Å²) in [7, 11) is 0. The summed E-state index contributed by atoms with van der Waals surface area (Å²) in [6.45, 7) is 13.8. The van der Waals surface area contributed by atoms with E-state index in [1.54, 1.807) is 6.08 Å². The van der Waals surface area contributed by atoms with Gasteiger partial charge in [0.1, 0.15) is 6.29 Å². The molecular formula is C13H25NO. The highest BCUT2D eigenvalue weighted by Gasteiger charge is 1.90. The average Bonchev–Trinajstić information content (AvgIpc) is 2.36. The molecule has 2 heteroatoms. The number of carbonyl (C=O) groups excluding carboxylic acids is 1. The lowest BCUT2D eigenvalue weighted by Crippen LogP contribution is -2.01. The molecule has 0 aliphatic heterocycles. The van der Waals surface area contributed by atoms with Crippen LogP contribution >= 0.6 is 0 Å². The van der Waals surface area contributed by atoms with Crippen LogP contribution in [0.2, 0.25) is 0 Å². The van der Waals surface area contributed by atoms with Crippen molar-refractivity contribution in [1.82, 2.24) is 0 Å². The maximum absolute atomic E-state index is 10.3. The minimum Gasteiger partial charge on any atom is -0.327 e. The number of hydrogen-bond donors (Lipinski definition) is 1. The van der Waals surface area contributed by atoms with Crippen molar-refractivity contribution >= 4 is 6.29 Å². The zero-order chi connectivity index (χ0) is 12.7. The second-order valence-corrected chi connectivity index (χ2v) is 2.03. The van der Waals surface area contributed by atoms with E-state index in [1.807, 2.05) is 40.7 Å². The molecule has 2 nitrogen and oxygen atoms in total.